The van der Waals surface area contributed by atoms with Crippen LogP contribution >= 0.6 is 0 Å². The summed E-state index contributed by atoms with van der Waals surface area (Å²) in [5.74, 6) is -0.968. The Morgan fingerprint density at radius 1 is 1.22 bits per heavy atom. The average molecular weight is 317 g/mol. The van der Waals surface area contributed by atoms with Crippen molar-refractivity contribution < 1.29 is 14.7 Å². The summed E-state index contributed by atoms with van der Waals surface area (Å²) in [6.45, 7) is 0.578. The number of aromatic nitrogens is 1. The summed E-state index contributed by atoms with van der Waals surface area (Å²) in [4.78, 5) is 29.6. The molecular formula is C17H23N3O3. The molecule has 1 aromatic heterocycles. The van der Waals surface area contributed by atoms with E-state index in [1.807, 2.05) is 17.0 Å². The molecule has 0 atom stereocenters. The van der Waals surface area contributed by atoms with E-state index in [4.69, 9.17) is 5.11 Å². The maximum absolute atomic E-state index is 12.6. The van der Waals surface area contributed by atoms with E-state index in [0.717, 1.165) is 31.2 Å². The summed E-state index contributed by atoms with van der Waals surface area (Å²) < 4.78 is 0. The molecule has 1 aromatic rings. The van der Waals surface area contributed by atoms with Gasteiger partial charge in [-0.05, 0) is 50.2 Å². The third kappa shape index (κ3) is 4.21. The van der Waals surface area contributed by atoms with Gasteiger partial charge in [0, 0.05) is 31.0 Å². The van der Waals surface area contributed by atoms with Gasteiger partial charge in [0.1, 0.15) is 0 Å². The monoisotopic (exact) mass is 317 g/mol. The molecule has 0 radical (unpaired) electrons. The summed E-state index contributed by atoms with van der Waals surface area (Å²) in [6, 6.07) is 4.24. The fourth-order valence-electron chi connectivity index (χ4n) is 3.18. The molecule has 2 amide bonds. The fraction of sp³-hybridized carbons (Fsp3) is 0.588. The molecule has 2 fully saturated rings. The zero-order valence-corrected chi connectivity index (χ0v) is 13.1. The van der Waals surface area contributed by atoms with E-state index < -0.39 is 5.97 Å². The van der Waals surface area contributed by atoms with E-state index in [9.17, 15) is 9.59 Å². The Morgan fingerprint density at radius 2 is 1.96 bits per heavy atom. The highest BCUT2D eigenvalue weighted by atomic mass is 16.4. The molecular weight excluding hydrogens is 294 g/mol. The number of carbonyl (C=O) groups is 2. The number of hydrogen-bond acceptors (Lipinski definition) is 3. The summed E-state index contributed by atoms with van der Waals surface area (Å²) in [7, 11) is 0. The lowest BCUT2D eigenvalue weighted by atomic mass is 9.86. The number of rotatable bonds is 5. The lowest BCUT2D eigenvalue weighted by molar-refractivity contribution is -0.142. The lowest BCUT2D eigenvalue weighted by Crippen LogP contribution is -2.47. The molecule has 2 aliphatic carbocycles. The topological polar surface area (TPSA) is 82.5 Å². The average Bonchev–Trinajstić information content (AvgIpc) is 3.39. The zero-order chi connectivity index (χ0) is 16.2. The van der Waals surface area contributed by atoms with Crippen LogP contribution < -0.4 is 5.32 Å². The van der Waals surface area contributed by atoms with Crippen LogP contribution in [0.2, 0.25) is 0 Å². The molecule has 1 heterocycles. The van der Waals surface area contributed by atoms with E-state index >= 15 is 0 Å². The van der Waals surface area contributed by atoms with E-state index in [-0.39, 0.29) is 18.0 Å². The molecule has 0 aromatic carbocycles. The molecule has 0 spiro atoms. The van der Waals surface area contributed by atoms with Crippen LogP contribution in [0.15, 0.2) is 24.5 Å². The summed E-state index contributed by atoms with van der Waals surface area (Å²) in [6.07, 6.45) is 8.41. The molecule has 0 bridgehead atoms. The number of nitrogens with zero attached hydrogens (tertiary/aromatic N) is 2. The third-order valence-electron chi connectivity index (χ3n) is 4.73. The first-order valence-electron chi connectivity index (χ1n) is 8.32. The van der Waals surface area contributed by atoms with Crippen molar-refractivity contribution in [2.24, 2.45) is 5.92 Å². The Morgan fingerprint density at radius 3 is 2.52 bits per heavy atom. The second-order valence-corrected chi connectivity index (χ2v) is 6.56. The van der Waals surface area contributed by atoms with Crippen LogP contribution in [-0.2, 0) is 11.3 Å². The number of urea groups is 1. The van der Waals surface area contributed by atoms with Crippen molar-refractivity contribution >= 4 is 12.0 Å². The lowest BCUT2D eigenvalue weighted by Gasteiger charge is -2.30. The van der Waals surface area contributed by atoms with Crippen molar-refractivity contribution in [1.29, 1.82) is 0 Å². The van der Waals surface area contributed by atoms with Gasteiger partial charge in [0.2, 0.25) is 0 Å². The number of aliphatic carboxylic acids is 1. The molecule has 2 saturated carbocycles. The second kappa shape index (κ2) is 6.98. The van der Waals surface area contributed by atoms with Gasteiger partial charge in [0.05, 0.1) is 5.92 Å². The van der Waals surface area contributed by atoms with Gasteiger partial charge in [-0.1, -0.05) is 6.07 Å². The second-order valence-electron chi connectivity index (χ2n) is 6.56. The van der Waals surface area contributed by atoms with Crippen molar-refractivity contribution in [2.75, 3.05) is 0 Å². The number of carboxylic acid groups (broad SMARTS) is 1. The largest absolute Gasteiger partial charge is 0.481 e. The Labute approximate surface area is 135 Å². The molecule has 0 saturated heterocycles. The van der Waals surface area contributed by atoms with E-state index in [1.165, 1.54) is 0 Å². The van der Waals surface area contributed by atoms with Crippen molar-refractivity contribution in [1.82, 2.24) is 15.2 Å². The van der Waals surface area contributed by atoms with Crippen molar-refractivity contribution in [3.8, 4) is 0 Å². The van der Waals surface area contributed by atoms with Crippen LogP contribution in [0.3, 0.4) is 0 Å². The number of carboxylic acids is 1. The van der Waals surface area contributed by atoms with Crippen molar-refractivity contribution in [2.45, 2.75) is 57.2 Å². The van der Waals surface area contributed by atoms with Crippen LogP contribution in [0.1, 0.15) is 44.1 Å². The first-order chi connectivity index (χ1) is 11.1. The molecule has 3 rings (SSSR count). The van der Waals surface area contributed by atoms with Crippen LogP contribution in [0.25, 0.3) is 0 Å². The van der Waals surface area contributed by atoms with Gasteiger partial charge >= 0.3 is 12.0 Å². The van der Waals surface area contributed by atoms with Crippen molar-refractivity contribution in [3.05, 3.63) is 30.1 Å². The third-order valence-corrected chi connectivity index (χ3v) is 4.73. The molecule has 2 N–H and O–H groups in total. The zero-order valence-electron chi connectivity index (χ0n) is 13.1. The number of pyridine rings is 1. The van der Waals surface area contributed by atoms with Crippen LogP contribution in [0.4, 0.5) is 4.79 Å². The highest BCUT2D eigenvalue weighted by Crippen LogP contribution is 2.29. The Kier molecular flexibility index (Phi) is 4.79. The van der Waals surface area contributed by atoms with Crippen molar-refractivity contribution in [3.63, 3.8) is 0 Å². The molecule has 6 nitrogen and oxygen atoms in total. The van der Waals surface area contributed by atoms with Gasteiger partial charge in [-0.25, -0.2) is 4.79 Å². The van der Waals surface area contributed by atoms with E-state index in [2.05, 4.69) is 10.3 Å². The standard InChI is InChI=1S/C17H23N3O3/c21-16(22)13-3-5-14(6-4-13)19-17(23)20(15-7-8-15)11-12-2-1-9-18-10-12/h1-2,9-10,13-15H,3-8,11H2,(H,19,23)(H,21,22). The molecule has 6 heteroatoms. The maximum Gasteiger partial charge on any atom is 0.318 e. The Hall–Kier alpha value is -2.11. The number of nitrogens with one attached hydrogen (secondary N) is 1. The van der Waals surface area contributed by atoms with Gasteiger partial charge in [-0.3, -0.25) is 9.78 Å². The smallest absolute Gasteiger partial charge is 0.318 e. The van der Waals surface area contributed by atoms with Gasteiger partial charge in [-0.2, -0.15) is 0 Å². The minimum atomic E-state index is -0.717. The van der Waals surface area contributed by atoms with E-state index in [0.29, 0.717) is 25.4 Å². The minimum Gasteiger partial charge on any atom is -0.481 e. The fourth-order valence-corrected chi connectivity index (χ4v) is 3.18. The number of carbonyl (C=O) groups excluding carboxylic acids is 1. The molecule has 124 valence electrons. The first kappa shape index (κ1) is 15.8. The molecule has 0 aliphatic heterocycles. The molecule has 2 aliphatic rings. The summed E-state index contributed by atoms with van der Waals surface area (Å²) in [5.41, 5.74) is 1.03. The predicted octanol–water partition coefficient (Wildman–Crippen LogP) is 2.40. The van der Waals surface area contributed by atoms with Gasteiger partial charge in [-0.15, -0.1) is 0 Å². The number of amides is 2. The van der Waals surface area contributed by atoms with Crippen LogP contribution in [-0.4, -0.2) is 39.1 Å². The van der Waals surface area contributed by atoms with Gasteiger partial charge in [0.25, 0.3) is 0 Å². The van der Waals surface area contributed by atoms with Gasteiger partial charge in [0.15, 0.2) is 0 Å². The SMILES string of the molecule is O=C(O)C1CCC(NC(=O)N(Cc2cccnc2)C2CC2)CC1. The Balaban J connectivity index is 1.54. The highest BCUT2D eigenvalue weighted by molar-refractivity contribution is 5.75. The number of hydrogen-bond donors (Lipinski definition) is 2. The van der Waals surface area contributed by atoms with E-state index in [1.54, 1.807) is 12.4 Å². The predicted molar refractivity (Wildman–Crippen MR) is 84.7 cm³/mol. The van der Waals surface area contributed by atoms with Crippen LogP contribution in [0, 0.1) is 5.92 Å². The molecule has 23 heavy (non-hydrogen) atoms. The highest BCUT2D eigenvalue weighted by Gasteiger charge is 2.34. The normalized spacial score (nSPS) is 24.0. The minimum absolute atomic E-state index is 0.0323. The Bertz CT molecular complexity index is 551. The first-order valence-corrected chi connectivity index (χ1v) is 8.32. The maximum atomic E-state index is 12.6. The summed E-state index contributed by atoms with van der Waals surface area (Å²) in [5, 5.41) is 12.1. The molecule has 0 unspecified atom stereocenters. The summed E-state index contributed by atoms with van der Waals surface area (Å²) >= 11 is 0. The van der Waals surface area contributed by atoms with Gasteiger partial charge < -0.3 is 15.3 Å². The quantitative estimate of drug-likeness (QED) is 0.873. The van der Waals surface area contributed by atoms with Crippen LogP contribution in [0.5, 0.6) is 0 Å².